The van der Waals surface area contributed by atoms with Gasteiger partial charge in [-0.05, 0) is 99.2 Å². The standard InChI is InChI=1S/C23H37BrO2/c1-4-23(26-3)12-10-16-15(13-23)5-6-18-17(16)9-11-22(2)19(18)7-8-20(22)21(25)14-24/h15-20H,4-14H2,1-3H3. The van der Waals surface area contributed by atoms with E-state index in [1.165, 1.54) is 51.4 Å². The monoisotopic (exact) mass is 424 g/mol. The minimum atomic E-state index is 0.165. The van der Waals surface area contributed by atoms with Crippen LogP contribution in [0, 0.1) is 40.9 Å². The summed E-state index contributed by atoms with van der Waals surface area (Å²) in [6.07, 6.45) is 13.0. The quantitative estimate of drug-likeness (QED) is 0.516. The second-order valence-corrected chi connectivity index (χ2v) is 10.8. The molecule has 8 unspecified atom stereocenters. The van der Waals surface area contributed by atoms with E-state index in [0.29, 0.717) is 17.0 Å². The van der Waals surface area contributed by atoms with E-state index in [-0.39, 0.29) is 11.0 Å². The number of fused-ring (bicyclic) bond motifs is 5. The van der Waals surface area contributed by atoms with Gasteiger partial charge in [-0.2, -0.15) is 0 Å². The summed E-state index contributed by atoms with van der Waals surface area (Å²) < 4.78 is 6.01. The SMILES string of the molecule is CCC1(OC)CCC2C(CCC3C2CCC2(C)C(C(=O)CBr)CCC32)C1. The maximum absolute atomic E-state index is 12.5. The van der Waals surface area contributed by atoms with Crippen LogP contribution in [0.15, 0.2) is 0 Å². The van der Waals surface area contributed by atoms with Crippen LogP contribution in [0.2, 0.25) is 0 Å². The molecule has 26 heavy (non-hydrogen) atoms. The van der Waals surface area contributed by atoms with Gasteiger partial charge in [0.2, 0.25) is 0 Å². The van der Waals surface area contributed by atoms with E-state index < -0.39 is 0 Å². The molecule has 4 saturated carbocycles. The summed E-state index contributed by atoms with van der Waals surface area (Å²) in [4.78, 5) is 12.5. The van der Waals surface area contributed by atoms with Crippen molar-refractivity contribution < 1.29 is 9.53 Å². The maximum atomic E-state index is 12.5. The Hall–Kier alpha value is 0.110. The van der Waals surface area contributed by atoms with Gasteiger partial charge < -0.3 is 4.74 Å². The molecule has 4 fully saturated rings. The molecule has 4 aliphatic carbocycles. The van der Waals surface area contributed by atoms with Crippen LogP contribution in [-0.4, -0.2) is 23.8 Å². The van der Waals surface area contributed by atoms with Crippen molar-refractivity contribution in [1.82, 2.24) is 0 Å². The Labute approximate surface area is 168 Å². The van der Waals surface area contributed by atoms with Gasteiger partial charge in [-0.15, -0.1) is 0 Å². The fourth-order valence-electron chi connectivity index (χ4n) is 8.22. The number of halogens is 1. The van der Waals surface area contributed by atoms with Gasteiger partial charge in [0.15, 0.2) is 0 Å². The Kier molecular flexibility index (Phi) is 5.36. The molecule has 0 spiro atoms. The number of Topliss-reactive ketones (excluding diaryl/α,β-unsaturated/α-hetero) is 1. The minimum absolute atomic E-state index is 0.165. The molecule has 0 aromatic heterocycles. The fourth-order valence-corrected chi connectivity index (χ4v) is 8.61. The number of rotatable bonds is 4. The number of ketones is 1. The molecule has 0 amide bonds. The Morgan fingerprint density at radius 3 is 2.50 bits per heavy atom. The lowest BCUT2D eigenvalue weighted by molar-refractivity contribution is -0.133. The van der Waals surface area contributed by atoms with Gasteiger partial charge in [0.05, 0.1) is 10.9 Å². The number of carbonyl (C=O) groups excluding carboxylic acids is 1. The molecule has 0 radical (unpaired) electrons. The lowest BCUT2D eigenvalue weighted by Gasteiger charge is -2.57. The van der Waals surface area contributed by atoms with Crippen LogP contribution in [0.1, 0.15) is 78.1 Å². The first-order chi connectivity index (χ1) is 12.5. The maximum Gasteiger partial charge on any atom is 0.147 e. The number of ether oxygens (including phenoxy) is 1. The summed E-state index contributed by atoms with van der Waals surface area (Å²) in [5, 5.41) is 0.550. The third-order valence-electron chi connectivity index (χ3n) is 9.68. The molecule has 3 heteroatoms. The van der Waals surface area contributed by atoms with Crippen molar-refractivity contribution >= 4 is 21.7 Å². The molecule has 2 nitrogen and oxygen atoms in total. The largest absolute Gasteiger partial charge is 0.378 e. The molecule has 0 N–H and O–H groups in total. The molecular formula is C23H37BrO2. The van der Waals surface area contributed by atoms with Crippen molar-refractivity contribution in [3.63, 3.8) is 0 Å². The highest BCUT2D eigenvalue weighted by atomic mass is 79.9. The summed E-state index contributed by atoms with van der Waals surface area (Å²) in [5.41, 5.74) is 0.450. The Morgan fingerprint density at radius 1 is 1.04 bits per heavy atom. The first-order valence-corrected chi connectivity index (χ1v) is 12.2. The zero-order valence-electron chi connectivity index (χ0n) is 16.9. The molecule has 0 heterocycles. The van der Waals surface area contributed by atoms with Crippen molar-refractivity contribution in [3.8, 4) is 0 Å². The van der Waals surface area contributed by atoms with Crippen LogP contribution in [0.3, 0.4) is 0 Å². The zero-order valence-corrected chi connectivity index (χ0v) is 18.5. The predicted molar refractivity (Wildman–Crippen MR) is 109 cm³/mol. The topological polar surface area (TPSA) is 26.3 Å². The molecule has 148 valence electrons. The molecule has 0 aromatic carbocycles. The third kappa shape index (κ3) is 2.86. The number of methoxy groups -OCH3 is 1. The average molecular weight is 425 g/mol. The molecule has 4 rings (SSSR count). The molecule has 0 saturated heterocycles. The van der Waals surface area contributed by atoms with Gasteiger partial charge in [-0.3, -0.25) is 4.79 Å². The van der Waals surface area contributed by atoms with E-state index in [1.54, 1.807) is 0 Å². The number of hydrogen-bond acceptors (Lipinski definition) is 2. The summed E-state index contributed by atoms with van der Waals surface area (Å²) in [6, 6.07) is 0. The van der Waals surface area contributed by atoms with Crippen molar-refractivity contribution in [3.05, 3.63) is 0 Å². The van der Waals surface area contributed by atoms with Crippen LogP contribution >= 0.6 is 15.9 Å². The third-order valence-corrected chi connectivity index (χ3v) is 10.2. The predicted octanol–water partition coefficient (Wildman–Crippen LogP) is 6.01. The van der Waals surface area contributed by atoms with E-state index in [1.807, 2.05) is 7.11 Å². The lowest BCUT2D eigenvalue weighted by Crippen LogP contribution is -2.51. The van der Waals surface area contributed by atoms with Gasteiger partial charge in [-0.25, -0.2) is 0 Å². The van der Waals surface area contributed by atoms with Crippen molar-refractivity contribution in [2.45, 2.75) is 83.7 Å². The highest BCUT2D eigenvalue weighted by Crippen LogP contribution is 2.65. The normalized spacial score (nSPS) is 50.6. The highest BCUT2D eigenvalue weighted by molar-refractivity contribution is 9.09. The second kappa shape index (κ2) is 7.17. The Bertz CT molecular complexity index is 542. The molecule has 4 aliphatic rings. The molecule has 8 atom stereocenters. The van der Waals surface area contributed by atoms with Crippen molar-refractivity contribution in [1.29, 1.82) is 0 Å². The van der Waals surface area contributed by atoms with Gasteiger partial charge >= 0.3 is 0 Å². The summed E-state index contributed by atoms with van der Waals surface area (Å²) >= 11 is 3.44. The van der Waals surface area contributed by atoms with E-state index >= 15 is 0 Å². The Morgan fingerprint density at radius 2 is 1.81 bits per heavy atom. The zero-order chi connectivity index (χ0) is 18.5. The van der Waals surface area contributed by atoms with Crippen LogP contribution < -0.4 is 0 Å². The second-order valence-electron chi connectivity index (χ2n) is 10.2. The number of alkyl halides is 1. The smallest absolute Gasteiger partial charge is 0.147 e. The van der Waals surface area contributed by atoms with Crippen LogP contribution in [0.25, 0.3) is 0 Å². The van der Waals surface area contributed by atoms with Crippen molar-refractivity contribution in [2.24, 2.45) is 40.9 Å². The first kappa shape index (κ1) is 19.4. The summed E-state index contributed by atoms with van der Waals surface area (Å²) in [7, 11) is 1.93. The van der Waals surface area contributed by atoms with Gasteiger partial charge in [0.25, 0.3) is 0 Å². The van der Waals surface area contributed by atoms with E-state index in [4.69, 9.17) is 4.74 Å². The first-order valence-electron chi connectivity index (χ1n) is 11.1. The van der Waals surface area contributed by atoms with Gasteiger partial charge in [0, 0.05) is 13.0 Å². The Balaban J connectivity index is 1.52. The molecule has 0 aromatic rings. The van der Waals surface area contributed by atoms with Crippen molar-refractivity contribution in [2.75, 3.05) is 12.4 Å². The van der Waals surface area contributed by atoms with E-state index in [0.717, 1.165) is 42.4 Å². The van der Waals surface area contributed by atoms with Crippen LogP contribution in [-0.2, 0) is 9.53 Å². The summed E-state index contributed by atoms with van der Waals surface area (Å²) in [6.45, 7) is 4.77. The highest BCUT2D eigenvalue weighted by Gasteiger charge is 2.58. The van der Waals surface area contributed by atoms with E-state index in [9.17, 15) is 4.79 Å². The number of carbonyl (C=O) groups is 1. The minimum Gasteiger partial charge on any atom is -0.378 e. The summed E-state index contributed by atoms with van der Waals surface area (Å²) in [5.74, 6) is 5.21. The van der Waals surface area contributed by atoms with Crippen LogP contribution in [0.5, 0.6) is 0 Å². The fraction of sp³-hybridized carbons (Fsp3) is 0.957. The lowest BCUT2D eigenvalue weighted by atomic mass is 9.48. The number of hydrogen-bond donors (Lipinski definition) is 0. The molecule has 0 aliphatic heterocycles. The van der Waals surface area contributed by atoms with Gasteiger partial charge in [0.1, 0.15) is 5.78 Å². The van der Waals surface area contributed by atoms with E-state index in [2.05, 4.69) is 29.8 Å². The van der Waals surface area contributed by atoms with Crippen LogP contribution in [0.4, 0.5) is 0 Å². The van der Waals surface area contributed by atoms with Gasteiger partial charge in [-0.1, -0.05) is 29.8 Å². The molecular weight excluding hydrogens is 388 g/mol. The molecule has 0 bridgehead atoms. The average Bonchev–Trinajstić information content (AvgIpc) is 3.03.